The number of benzene rings is 1. The van der Waals surface area contributed by atoms with E-state index in [9.17, 15) is 9.59 Å². The Morgan fingerprint density at radius 1 is 1.26 bits per heavy atom. The summed E-state index contributed by atoms with van der Waals surface area (Å²) < 4.78 is 0. The highest BCUT2D eigenvalue weighted by molar-refractivity contribution is 5.99. The average molecular weight is 370 g/mol. The molecular formula is C22H31N3O2. The summed E-state index contributed by atoms with van der Waals surface area (Å²) in [5.74, 6) is 0.306. The predicted molar refractivity (Wildman–Crippen MR) is 108 cm³/mol. The van der Waals surface area contributed by atoms with Crippen molar-refractivity contribution in [3.05, 3.63) is 34.9 Å². The number of piperidine rings is 1. The zero-order valence-electron chi connectivity index (χ0n) is 16.9. The molecule has 2 amide bonds. The van der Waals surface area contributed by atoms with Gasteiger partial charge < -0.3 is 10.2 Å². The summed E-state index contributed by atoms with van der Waals surface area (Å²) >= 11 is 0. The Bertz CT molecular complexity index is 748. The molecule has 0 aliphatic carbocycles. The van der Waals surface area contributed by atoms with Gasteiger partial charge >= 0.3 is 0 Å². The number of likely N-dealkylation sites (tertiary alicyclic amines) is 1. The maximum absolute atomic E-state index is 12.8. The number of carbonyl (C=O) groups excluding carboxylic acids is 2. The summed E-state index contributed by atoms with van der Waals surface area (Å²) in [7, 11) is 2.16. The van der Waals surface area contributed by atoms with E-state index in [1.54, 1.807) is 0 Å². The molecule has 0 spiro atoms. The molecule has 1 fully saturated rings. The number of aliphatic imine (C=N–C) groups is 1. The fraction of sp³-hybridized carbons (Fsp3) is 0.591. The van der Waals surface area contributed by atoms with Gasteiger partial charge in [-0.15, -0.1) is 0 Å². The molecule has 27 heavy (non-hydrogen) atoms. The van der Waals surface area contributed by atoms with Crippen LogP contribution in [0, 0.1) is 18.8 Å². The van der Waals surface area contributed by atoms with Gasteiger partial charge in [-0.05, 0) is 82.3 Å². The SMILES string of the molecule is CC1=NC(=O)C(CNC(=O)c2cccc(C3CCN(C)CC3)c2C)C(C)C1. The van der Waals surface area contributed by atoms with Gasteiger partial charge in [-0.25, -0.2) is 4.99 Å². The molecule has 2 heterocycles. The molecule has 146 valence electrons. The molecule has 0 bridgehead atoms. The second-order valence-corrected chi connectivity index (χ2v) is 8.28. The summed E-state index contributed by atoms with van der Waals surface area (Å²) in [6.07, 6.45) is 3.08. The van der Waals surface area contributed by atoms with E-state index in [4.69, 9.17) is 0 Å². The minimum atomic E-state index is -0.227. The van der Waals surface area contributed by atoms with Crippen LogP contribution in [0.1, 0.15) is 60.5 Å². The molecule has 5 heteroatoms. The molecule has 2 aliphatic heterocycles. The third-order valence-electron chi connectivity index (χ3n) is 6.18. The molecule has 1 saturated heterocycles. The van der Waals surface area contributed by atoms with Crippen LogP contribution in [0.15, 0.2) is 23.2 Å². The van der Waals surface area contributed by atoms with E-state index >= 15 is 0 Å². The van der Waals surface area contributed by atoms with E-state index in [2.05, 4.69) is 35.2 Å². The monoisotopic (exact) mass is 369 g/mol. The first-order chi connectivity index (χ1) is 12.9. The zero-order chi connectivity index (χ0) is 19.6. The molecule has 0 saturated carbocycles. The molecule has 0 aromatic heterocycles. The van der Waals surface area contributed by atoms with Crippen LogP contribution in [0.2, 0.25) is 0 Å². The van der Waals surface area contributed by atoms with E-state index in [1.165, 1.54) is 5.56 Å². The lowest BCUT2D eigenvalue weighted by Gasteiger charge is -2.30. The fourth-order valence-electron chi connectivity index (χ4n) is 4.42. The van der Waals surface area contributed by atoms with Gasteiger partial charge in [-0.2, -0.15) is 0 Å². The molecule has 1 aromatic carbocycles. The quantitative estimate of drug-likeness (QED) is 0.887. The number of hydrogen-bond acceptors (Lipinski definition) is 3. The number of amides is 2. The van der Waals surface area contributed by atoms with Gasteiger partial charge in [0, 0.05) is 17.8 Å². The Kier molecular flexibility index (Phi) is 6.10. The molecule has 2 atom stereocenters. The highest BCUT2D eigenvalue weighted by atomic mass is 16.2. The van der Waals surface area contributed by atoms with Crippen molar-refractivity contribution in [2.75, 3.05) is 26.7 Å². The Labute approximate surface area is 162 Å². The first-order valence-electron chi connectivity index (χ1n) is 10.0. The Balaban J connectivity index is 1.68. The highest BCUT2D eigenvalue weighted by Gasteiger charge is 2.30. The van der Waals surface area contributed by atoms with E-state index in [1.807, 2.05) is 26.0 Å². The van der Waals surface area contributed by atoms with Crippen LogP contribution in [0.4, 0.5) is 0 Å². The summed E-state index contributed by atoms with van der Waals surface area (Å²) in [4.78, 5) is 31.4. The van der Waals surface area contributed by atoms with Crippen molar-refractivity contribution in [3.8, 4) is 0 Å². The second-order valence-electron chi connectivity index (χ2n) is 8.28. The largest absolute Gasteiger partial charge is 0.351 e. The first kappa shape index (κ1) is 19.7. The van der Waals surface area contributed by atoms with Crippen molar-refractivity contribution in [2.24, 2.45) is 16.8 Å². The summed E-state index contributed by atoms with van der Waals surface area (Å²) in [6, 6.07) is 6.03. The van der Waals surface area contributed by atoms with E-state index in [0.29, 0.717) is 12.5 Å². The van der Waals surface area contributed by atoms with Gasteiger partial charge in [-0.1, -0.05) is 19.1 Å². The van der Waals surface area contributed by atoms with Crippen molar-refractivity contribution in [1.82, 2.24) is 10.2 Å². The van der Waals surface area contributed by atoms with Gasteiger partial charge in [0.25, 0.3) is 11.8 Å². The first-order valence-corrected chi connectivity index (χ1v) is 10.0. The second kappa shape index (κ2) is 8.34. The van der Waals surface area contributed by atoms with Crippen LogP contribution < -0.4 is 5.32 Å². The number of nitrogens with zero attached hydrogens (tertiary/aromatic N) is 2. The summed E-state index contributed by atoms with van der Waals surface area (Å²) in [6.45, 7) is 8.54. The van der Waals surface area contributed by atoms with Crippen molar-refractivity contribution < 1.29 is 9.59 Å². The van der Waals surface area contributed by atoms with Crippen LogP contribution in [-0.4, -0.2) is 49.1 Å². The number of hydrogen-bond donors (Lipinski definition) is 1. The highest BCUT2D eigenvalue weighted by Crippen LogP contribution is 2.31. The molecule has 1 aromatic rings. The Morgan fingerprint density at radius 2 is 1.96 bits per heavy atom. The smallest absolute Gasteiger partial charge is 0.251 e. The van der Waals surface area contributed by atoms with Crippen molar-refractivity contribution in [1.29, 1.82) is 0 Å². The maximum atomic E-state index is 12.8. The standard InChI is InChI=1S/C22H31N3O2/c1-14-12-15(2)24-22(27)20(14)13-23-21(26)19-7-5-6-18(16(19)3)17-8-10-25(4)11-9-17/h5-7,14,17,20H,8-13H2,1-4H3,(H,23,26). The van der Waals surface area contributed by atoms with Gasteiger partial charge in [-0.3, -0.25) is 9.59 Å². The molecule has 3 rings (SSSR count). The maximum Gasteiger partial charge on any atom is 0.251 e. The normalized spacial score (nSPS) is 24.6. The van der Waals surface area contributed by atoms with Gasteiger partial charge in [0.2, 0.25) is 0 Å². The molecule has 1 N–H and O–H groups in total. The fourth-order valence-corrected chi connectivity index (χ4v) is 4.42. The van der Waals surface area contributed by atoms with E-state index in [-0.39, 0.29) is 23.7 Å². The Hall–Kier alpha value is -2.01. The molecular weight excluding hydrogens is 338 g/mol. The molecule has 5 nitrogen and oxygen atoms in total. The lowest BCUT2D eigenvalue weighted by atomic mass is 9.85. The predicted octanol–water partition coefficient (Wildman–Crippen LogP) is 3.18. The van der Waals surface area contributed by atoms with E-state index in [0.717, 1.165) is 49.2 Å². The zero-order valence-corrected chi connectivity index (χ0v) is 16.9. The van der Waals surface area contributed by atoms with Crippen molar-refractivity contribution in [3.63, 3.8) is 0 Å². The molecule has 2 aliphatic rings. The van der Waals surface area contributed by atoms with Gasteiger partial charge in [0.05, 0.1) is 5.92 Å². The van der Waals surface area contributed by atoms with Crippen molar-refractivity contribution >= 4 is 17.5 Å². The van der Waals surface area contributed by atoms with Crippen LogP contribution in [0.3, 0.4) is 0 Å². The minimum Gasteiger partial charge on any atom is -0.351 e. The van der Waals surface area contributed by atoms with Gasteiger partial charge in [0.15, 0.2) is 0 Å². The van der Waals surface area contributed by atoms with Crippen LogP contribution in [0.5, 0.6) is 0 Å². The third-order valence-corrected chi connectivity index (χ3v) is 6.18. The topological polar surface area (TPSA) is 61.8 Å². The average Bonchev–Trinajstić information content (AvgIpc) is 2.61. The number of nitrogens with one attached hydrogen (secondary N) is 1. The van der Waals surface area contributed by atoms with Crippen LogP contribution in [-0.2, 0) is 4.79 Å². The molecule has 0 radical (unpaired) electrons. The Morgan fingerprint density at radius 3 is 2.63 bits per heavy atom. The third kappa shape index (κ3) is 4.46. The van der Waals surface area contributed by atoms with Crippen molar-refractivity contribution in [2.45, 2.75) is 46.0 Å². The van der Waals surface area contributed by atoms with Crippen LogP contribution in [0.25, 0.3) is 0 Å². The van der Waals surface area contributed by atoms with Crippen LogP contribution >= 0.6 is 0 Å². The number of carbonyl (C=O) groups is 2. The minimum absolute atomic E-state index is 0.0893. The summed E-state index contributed by atoms with van der Waals surface area (Å²) in [5.41, 5.74) is 3.97. The lowest BCUT2D eigenvalue weighted by Crippen LogP contribution is -2.38. The lowest BCUT2D eigenvalue weighted by molar-refractivity contribution is -0.123. The molecule has 2 unspecified atom stereocenters. The summed E-state index contributed by atoms with van der Waals surface area (Å²) in [5, 5.41) is 2.99. The van der Waals surface area contributed by atoms with Gasteiger partial charge in [0.1, 0.15) is 0 Å². The van der Waals surface area contributed by atoms with E-state index < -0.39 is 0 Å². The number of rotatable bonds is 4.